The first-order valence-electron chi connectivity index (χ1n) is 14.7. The van der Waals surface area contributed by atoms with Crippen molar-refractivity contribution in [2.75, 3.05) is 14.2 Å². The molecule has 0 saturated heterocycles. The van der Waals surface area contributed by atoms with E-state index in [-0.39, 0.29) is 11.1 Å². The molecule has 0 N–H and O–H groups in total. The van der Waals surface area contributed by atoms with Crippen LogP contribution in [0.3, 0.4) is 0 Å². The molecular weight excluding hydrogens is 570 g/mol. The molecular formula is C39H30F2O4. The number of hydrogen-bond acceptors (Lipinski definition) is 4. The molecule has 6 aromatic rings. The maximum atomic E-state index is 16.6. The monoisotopic (exact) mass is 600 g/mol. The number of ether oxygens (including phenoxy) is 4. The number of para-hydroxylation sites is 2. The maximum Gasteiger partial charge on any atom is 0.268 e. The molecule has 0 unspecified atom stereocenters. The van der Waals surface area contributed by atoms with Gasteiger partial charge in [0.05, 0.1) is 14.2 Å². The van der Waals surface area contributed by atoms with Crippen molar-refractivity contribution in [2.24, 2.45) is 0 Å². The van der Waals surface area contributed by atoms with Gasteiger partial charge in [-0.05, 0) is 53.4 Å². The van der Waals surface area contributed by atoms with Crippen molar-refractivity contribution in [3.63, 3.8) is 0 Å². The number of hydrogen-bond donors (Lipinski definition) is 0. The lowest BCUT2D eigenvalue weighted by atomic mass is 9.87. The molecule has 0 bridgehead atoms. The minimum atomic E-state index is -0.988. The van der Waals surface area contributed by atoms with Gasteiger partial charge in [-0.3, -0.25) is 0 Å². The van der Waals surface area contributed by atoms with Gasteiger partial charge in [-0.15, -0.1) is 0 Å². The van der Waals surface area contributed by atoms with Gasteiger partial charge < -0.3 is 18.9 Å². The van der Waals surface area contributed by atoms with Crippen LogP contribution in [0, 0.1) is 25.5 Å². The van der Waals surface area contributed by atoms with Crippen LogP contribution in [0.25, 0.3) is 44.2 Å². The lowest BCUT2D eigenvalue weighted by Crippen LogP contribution is -2.10. The normalized spacial score (nSPS) is 12.5. The summed E-state index contributed by atoms with van der Waals surface area (Å²) in [6.45, 7) is 3.84. The molecule has 0 aliphatic carbocycles. The Morgan fingerprint density at radius 2 is 1.09 bits per heavy atom. The molecule has 1 aliphatic heterocycles. The van der Waals surface area contributed by atoms with E-state index >= 15 is 8.78 Å². The quantitative estimate of drug-likeness (QED) is 0.191. The van der Waals surface area contributed by atoms with Crippen LogP contribution in [0.15, 0.2) is 103 Å². The minimum Gasteiger partial charge on any atom is -0.492 e. The summed E-state index contributed by atoms with van der Waals surface area (Å²) < 4.78 is 57.0. The van der Waals surface area contributed by atoms with Crippen LogP contribution < -0.4 is 18.9 Å². The van der Waals surface area contributed by atoms with Gasteiger partial charge in [0.2, 0.25) is 0 Å². The number of fused-ring (bicyclic) bond motifs is 2. The van der Waals surface area contributed by atoms with Crippen molar-refractivity contribution >= 4 is 10.8 Å². The largest absolute Gasteiger partial charge is 0.492 e. The van der Waals surface area contributed by atoms with Crippen LogP contribution in [-0.4, -0.2) is 14.2 Å². The summed E-state index contributed by atoms with van der Waals surface area (Å²) in [6.07, 6.45) is -0.830. The van der Waals surface area contributed by atoms with Crippen molar-refractivity contribution in [3.05, 3.63) is 131 Å². The second-order valence-electron chi connectivity index (χ2n) is 11.0. The molecule has 0 atom stereocenters. The van der Waals surface area contributed by atoms with Crippen molar-refractivity contribution in [1.29, 1.82) is 0 Å². The second kappa shape index (κ2) is 11.3. The summed E-state index contributed by atoms with van der Waals surface area (Å²) in [5.74, 6) is 0.00644. The molecule has 45 heavy (non-hydrogen) atoms. The standard InChI is InChI=1S/C39H30F2O4/c1-22-23(2)33(38(43-4)37(42-3)32(22)25-13-6-5-7-14-25)27-20-21-28(36(41)35(27)40)34-26-15-9-8-12-24(26)18-19-29(34)39-44-30-16-10-11-17-31(30)45-39/h5-21,39H,1-4H3. The lowest BCUT2D eigenvalue weighted by Gasteiger charge is -2.23. The smallest absolute Gasteiger partial charge is 0.268 e. The molecule has 0 radical (unpaired) electrons. The van der Waals surface area contributed by atoms with E-state index < -0.39 is 17.9 Å². The van der Waals surface area contributed by atoms with Crippen molar-refractivity contribution < 1.29 is 27.7 Å². The summed E-state index contributed by atoms with van der Waals surface area (Å²) >= 11 is 0. The van der Waals surface area contributed by atoms with Crippen LogP contribution in [0.4, 0.5) is 8.78 Å². The van der Waals surface area contributed by atoms with Crippen LogP contribution in [0.2, 0.25) is 0 Å². The Kier molecular flexibility index (Phi) is 7.13. The fourth-order valence-corrected chi connectivity index (χ4v) is 6.36. The molecule has 0 aromatic heterocycles. The minimum absolute atomic E-state index is 0.0779. The van der Waals surface area contributed by atoms with E-state index in [2.05, 4.69) is 0 Å². The third-order valence-electron chi connectivity index (χ3n) is 8.60. The van der Waals surface area contributed by atoms with Gasteiger partial charge >= 0.3 is 0 Å². The number of benzene rings is 6. The molecule has 7 rings (SSSR count). The maximum absolute atomic E-state index is 16.6. The van der Waals surface area contributed by atoms with Gasteiger partial charge in [0.25, 0.3) is 6.29 Å². The van der Waals surface area contributed by atoms with E-state index in [1.54, 1.807) is 19.2 Å². The summed E-state index contributed by atoms with van der Waals surface area (Å²) in [6, 6.07) is 31.8. The first kappa shape index (κ1) is 28.4. The van der Waals surface area contributed by atoms with Crippen LogP contribution in [-0.2, 0) is 0 Å². The molecule has 0 fully saturated rings. The van der Waals surface area contributed by atoms with E-state index in [1.807, 2.05) is 105 Å². The topological polar surface area (TPSA) is 36.9 Å². The fourth-order valence-electron chi connectivity index (χ4n) is 6.36. The van der Waals surface area contributed by atoms with Crippen LogP contribution in [0.5, 0.6) is 23.0 Å². The van der Waals surface area contributed by atoms with Gasteiger partial charge in [-0.25, -0.2) is 8.78 Å². The molecule has 0 amide bonds. The van der Waals surface area contributed by atoms with Crippen LogP contribution >= 0.6 is 0 Å². The van der Waals surface area contributed by atoms with Gasteiger partial charge in [0.15, 0.2) is 34.6 Å². The summed E-state index contributed by atoms with van der Waals surface area (Å²) in [7, 11) is 3.06. The van der Waals surface area contributed by atoms with Crippen LogP contribution in [0.1, 0.15) is 23.0 Å². The molecule has 1 heterocycles. The van der Waals surface area contributed by atoms with E-state index in [1.165, 1.54) is 7.11 Å². The number of halogens is 2. The Bertz CT molecular complexity index is 2060. The third-order valence-corrected chi connectivity index (χ3v) is 8.60. The van der Waals surface area contributed by atoms with Crippen molar-refractivity contribution in [3.8, 4) is 56.4 Å². The zero-order valence-corrected chi connectivity index (χ0v) is 25.3. The Morgan fingerprint density at radius 1 is 0.556 bits per heavy atom. The average Bonchev–Trinajstić information content (AvgIpc) is 3.51. The van der Waals surface area contributed by atoms with Gasteiger partial charge in [-0.2, -0.15) is 0 Å². The van der Waals surface area contributed by atoms with Crippen molar-refractivity contribution in [1.82, 2.24) is 0 Å². The van der Waals surface area contributed by atoms with Gasteiger partial charge in [0, 0.05) is 33.4 Å². The average molecular weight is 601 g/mol. The van der Waals surface area contributed by atoms with E-state index in [9.17, 15) is 0 Å². The number of rotatable bonds is 6. The molecule has 1 aliphatic rings. The highest BCUT2D eigenvalue weighted by Gasteiger charge is 2.32. The van der Waals surface area contributed by atoms with Crippen molar-refractivity contribution in [2.45, 2.75) is 20.1 Å². The zero-order valence-electron chi connectivity index (χ0n) is 25.3. The first-order chi connectivity index (χ1) is 21.9. The van der Waals surface area contributed by atoms with E-state index in [4.69, 9.17) is 18.9 Å². The fraction of sp³-hybridized carbons (Fsp3) is 0.128. The molecule has 6 aromatic carbocycles. The third kappa shape index (κ3) is 4.56. The zero-order chi connectivity index (χ0) is 31.2. The highest BCUT2D eigenvalue weighted by atomic mass is 19.2. The SMILES string of the molecule is COc1c(OC)c(-c2ccc(-c3c(C4Oc5ccccc5O4)ccc4ccccc34)c(F)c2F)c(C)c(C)c1-c1ccccc1. The van der Waals surface area contributed by atoms with Gasteiger partial charge in [0.1, 0.15) is 0 Å². The lowest BCUT2D eigenvalue weighted by molar-refractivity contribution is 0.0493. The molecule has 0 saturated carbocycles. The Balaban J connectivity index is 1.43. The predicted molar refractivity (Wildman–Crippen MR) is 173 cm³/mol. The highest BCUT2D eigenvalue weighted by Crippen LogP contribution is 2.51. The highest BCUT2D eigenvalue weighted by molar-refractivity contribution is 5.99. The molecule has 6 heteroatoms. The summed E-state index contributed by atoms with van der Waals surface area (Å²) in [5.41, 5.74) is 5.13. The van der Waals surface area contributed by atoms with E-state index in [0.717, 1.165) is 33.0 Å². The molecule has 4 nitrogen and oxygen atoms in total. The molecule has 224 valence electrons. The van der Waals surface area contributed by atoms with E-state index in [0.29, 0.717) is 39.7 Å². The summed E-state index contributed by atoms with van der Waals surface area (Å²) in [4.78, 5) is 0. The Labute approximate surface area is 260 Å². The first-order valence-corrected chi connectivity index (χ1v) is 14.7. The predicted octanol–water partition coefficient (Wildman–Crippen LogP) is 10.2. The molecule has 0 spiro atoms. The van der Waals surface area contributed by atoms with Gasteiger partial charge in [-0.1, -0.05) is 91.0 Å². The Hall–Kier alpha value is -5.36. The summed E-state index contributed by atoms with van der Waals surface area (Å²) in [5, 5.41) is 1.63. The second-order valence-corrected chi connectivity index (χ2v) is 11.0. The number of methoxy groups -OCH3 is 2. The Morgan fingerprint density at radius 3 is 1.73 bits per heavy atom.